The normalized spacial score (nSPS) is 41.3. The van der Waals surface area contributed by atoms with Crippen molar-refractivity contribution >= 4 is 10.9 Å². The lowest BCUT2D eigenvalue weighted by Crippen LogP contribution is -2.19. The predicted octanol–water partition coefficient (Wildman–Crippen LogP) is 3.90. The summed E-state index contributed by atoms with van der Waals surface area (Å²) in [5.41, 5.74) is 1.49. The van der Waals surface area contributed by atoms with Gasteiger partial charge in [-0.3, -0.25) is 0 Å². The summed E-state index contributed by atoms with van der Waals surface area (Å²) in [6, 6.07) is 9.55. The Bertz CT molecular complexity index is 417. The van der Waals surface area contributed by atoms with Gasteiger partial charge in [0.15, 0.2) is 4.90 Å². The highest BCUT2D eigenvalue weighted by Crippen LogP contribution is 2.56. The Labute approximate surface area is 114 Å². The number of benzene rings is 1. The highest BCUT2D eigenvalue weighted by Gasteiger charge is 2.56. The maximum atomic E-state index is 2.42. The maximum absolute atomic E-state index is 2.42. The summed E-state index contributed by atoms with van der Waals surface area (Å²) in [7, 11) is 0.589. The lowest BCUT2D eigenvalue weighted by atomic mass is 9.82. The SMILES string of the molecule is CCc1ccc([S+]2CC3C4CCC(C4)C3C2)cc1. The van der Waals surface area contributed by atoms with Crippen molar-refractivity contribution in [1.29, 1.82) is 0 Å². The van der Waals surface area contributed by atoms with Gasteiger partial charge in [-0.05, 0) is 55.2 Å². The van der Waals surface area contributed by atoms with Gasteiger partial charge in [0.2, 0.25) is 0 Å². The second-order valence-corrected chi connectivity index (χ2v) is 8.61. The van der Waals surface area contributed by atoms with E-state index < -0.39 is 0 Å². The summed E-state index contributed by atoms with van der Waals surface area (Å²) >= 11 is 0. The van der Waals surface area contributed by atoms with Crippen LogP contribution in [-0.4, -0.2) is 11.5 Å². The summed E-state index contributed by atoms with van der Waals surface area (Å²) in [5, 5.41) is 0. The van der Waals surface area contributed by atoms with Crippen LogP contribution in [0.2, 0.25) is 0 Å². The van der Waals surface area contributed by atoms with Crippen LogP contribution in [0.25, 0.3) is 0 Å². The molecule has 2 saturated carbocycles. The first-order valence-electron chi connectivity index (χ1n) is 7.61. The molecule has 2 bridgehead atoms. The summed E-state index contributed by atoms with van der Waals surface area (Å²) in [5.74, 6) is 7.50. The predicted molar refractivity (Wildman–Crippen MR) is 79.0 cm³/mol. The molecule has 4 unspecified atom stereocenters. The first-order valence-corrected chi connectivity index (χ1v) is 9.18. The molecule has 18 heavy (non-hydrogen) atoms. The highest BCUT2D eigenvalue weighted by molar-refractivity contribution is 7.97. The zero-order chi connectivity index (χ0) is 12.1. The minimum absolute atomic E-state index is 0.589. The van der Waals surface area contributed by atoms with Crippen LogP contribution in [0, 0.1) is 23.7 Å². The van der Waals surface area contributed by atoms with Crippen LogP contribution >= 0.6 is 0 Å². The Morgan fingerprint density at radius 1 is 1.00 bits per heavy atom. The average Bonchev–Trinajstić information content (AvgIpc) is 3.10. The van der Waals surface area contributed by atoms with E-state index in [0.29, 0.717) is 10.9 Å². The van der Waals surface area contributed by atoms with Crippen molar-refractivity contribution in [3.05, 3.63) is 29.8 Å². The van der Waals surface area contributed by atoms with Crippen molar-refractivity contribution in [1.82, 2.24) is 0 Å². The zero-order valence-corrected chi connectivity index (χ0v) is 12.1. The molecule has 0 N–H and O–H groups in total. The van der Waals surface area contributed by atoms with E-state index in [2.05, 4.69) is 31.2 Å². The van der Waals surface area contributed by atoms with E-state index in [1.165, 1.54) is 23.5 Å². The molecule has 4 rings (SSSR count). The molecular formula is C17H23S+. The molecule has 2 aliphatic carbocycles. The third kappa shape index (κ3) is 1.66. The van der Waals surface area contributed by atoms with Crippen LogP contribution in [0.1, 0.15) is 31.7 Å². The summed E-state index contributed by atoms with van der Waals surface area (Å²) in [6.07, 6.45) is 5.86. The van der Waals surface area contributed by atoms with Gasteiger partial charge in [-0.25, -0.2) is 0 Å². The van der Waals surface area contributed by atoms with Crippen molar-refractivity contribution < 1.29 is 0 Å². The Morgan fingerprint density at radius 3 is 2.17 bits per heavy atom. The van der Waals surface area contributed by atoms with Gasteiger partial charge in [0.25, 0.3) is 0 Å². The van der Waals surface area contributed by atoms with E-state index in [4.69, 9.17) is 0 Å². The molecule has 0 radical (unpaired) electrons. The van der Waals surface area contributed by atoms with E-state index in [9.17, 15) is 0 Å². The highest BCUT2D eigenvalue weighted by atomic mass is 32.2. The third-order valence-corrected chi connectivity index (χ3v) is 8.24. The summed E-state index contributed by atoms with van der Waals surface area (Å²) in [6.45, 7) is 2.24. The fourth-order valence-electron chi connectivity index (χ4n) is 4.69. The average molecular weight is 259 g/mol. The van der Waals surface area contributed by atoms with Gasteiger partial charge in [-0.15, -0.1) is 0 Å². The van der Waals surface area contributed by atoms with Crippen molar-refractivity contribution in [2.24, 2.45) is 23.7 Å². The van der Waals surface area contributed by atoms with Crippen molar-refractivity contribution in [3.8, 4) is 0 Å². The Balaban J connectivity index is 1.53. The van der Waals surface area contributed by atoms with Gasteiger partial charge >= 0.3 is 0 Å². The zero-order valence-electron chi connectivity index (χ0n) is 11.3. The molecule has 1 aromatic carbocycles. The Kier molecular flexibility index (Phi) is 2.72. The number of hydrogen-bond acceptors (Lipinski definition) is 0. The fraction of sp³-hybridized carbons (Fsp3) is 0.647. The molecule has 1 aromatic rings. The molecule has 1 aliphatic heterocycles. The van der Waals surface area contributed by atoms with Crippen LogP contribution in [0.4, 0.5) is 0 Å². The number of fused-ring (bicyclic) bond motifs is 5. The number of rotatable bonds is 2. The topological polar surface area (TPSA) is 0 Å². The smallest absolute Gasteiger partial charge is 0.0613 e. The molecule has 1 heteroatoms. The van der Waals surface area contributed by atoms with Crippen molar-refractivity contribution in [2.45, 2.75) is 37.5 Å². The molecular weight excluding hydrogens is 236 g/mol. The number of hydrogen-bond donors (Lipinski definition) is 0. The van der Waals surface area contributed by atoms with E-state index >= 15 is 0 Å². The third-order valence-electron chi connectivity index (χ3n) is 5.73. The van der Waals surface area contributed by atoms with Gasteiger partial charge in [0.1, 0.15) is 11.5 Å². The van der Waals surface area contributed by atoms with Crippen LogP contribution in [-0.2, 0) is 17.3 Å². The monoisotopic (exact) mass is 259 g/mol. The van der Waals surface area contributed by atoms with Gasteiger partial charge in [-0.2, -0.15) is 0 Å². The van der Waals surface area contributed by atoms with Crippen LogP contribution in [0.5, 0.6) is 0 Å². The molecule has 96 valence electrons. The molecule has 0 spiro atoms. The minimum Gasteiger partial charge on any atom is -0.0613 e. The second-order valence-electron chi connectivity index (χ2n) is 6.48. The first-order chi connectivity index (χ1) is 8.85. The Hall–Kier alpha value is -0.430. The molecule has 1 saturated heterocycles. The summed E-state index contributed by atoms with van der Waals surface area (Å²) in [4.78, 5) is 1.65. The fourth-order valence-corrected chi connectivity index (χ4v) is 7.70. The lowest BCUT2D eigenvalue weighted by Gasteiger charge is -2.19. The maximum Gasteiger partial charge on any atom is 0.154 e. The molecule has 0 aromatic heterocycles. The Morgan fingerprint density at radius 2 is 1.61 bits per heavy atom. The van der Waals surface area contributed by atoms with Crippen LogP contribution < -0.4 is 0 Å². The molecule has 4 atom stereocenters. The standard InChI is InChI=1S/C17H23S/c1-2-12-3-7-15(8-4-12)18-10-16-13-5-6-14(9-13)17(16)11-18/h3-4,7-8,13-14,16-17H,2,5-6,9-11H2,1H3/q+1. The minimum atomic E-state index is 0.589. The van der Waals surface area contributed by atoms with Crippen molar-refractivity contribution in [2.75, 3.05) is 11.5 Å². The van der Waals surface area contributed by atoms with Crippen molar-refractivity contribution in [3.63, 3.8) is 0 Å². The number of aryl methyl sites for hydroxylation is 1. The molecule has 1 heterocycles. The van der Waals surface area contributed by atoms with Gasteiger partial charge in [-0.1, -0.05) is 19.1 Å². The second kappa shape index (κ2) is 4.30. The van der Waals surface area contributed by atoms with E-state index in [1.54, 1.807) is 24.2 Å². The van der Waals surface area contributed by atoms with E-state index in [-0.39, 0.29) is 0 Å². The largest absolute Gasteiger partial charge is 0.154 e. The molecule has 0 nitrogen and oxygen atoms in total. The first kappa shape index (κ1) is 11.4. The van der Waals surface area contributed by atoms with Gasteiger partial charge < -0.3 is 0 Å². The van der Waals surface area contributed by atoms with E-state index in [0.717, 1.165) is 23.7 Å². The van der Waals surface area contributed by atoms with Crippen LogP contribution in [0.15, 0.2) is 29.2 Å². The van der Waals surface area contributed by atoms with Crippen LogP contribution in [0.3, 0.4) is 0 Å². The van der Waals surface area contributed by atoms with Gasteiger partial charge in [0.05, 0.1) is 0 Å². The van der Waals surface area contributed by atoms with Gasteiger partial charge in [0, 0.05) is 22.7 Å². The molecule has 0 amide bonds. The molecule has 3 fully saturated rings. The summed E-state index contributed by atoms with van der Waals surface area (Å²) < 4.78 is 0. The quantitative estimate of drug-likeness (QED) is 0.707. The molecule has 3 aliphatic rings. The van der Waals surface area contributed by atoms with E-state index in [1.807, 2.05) is 0 Å². The lowest BCUT2D eigenvalue weighted by molar-refractivity contribution is 0.281.